The number of rotatable bonds is 0. The molecular formula is C5H9CoO2+. The van der Waals surface area contributed by atoms with Crippen molar-refractivity contribution in [1.29, 1.82) is 0 Å². The first-order valence-corrected chi connectivity index (χ1v) is 2.16. The molecule has 49 valence electrons. The molecule has 0 aromatic heterocycles. The third kappa shape index (κ3) is 4.14. The summed E-state index contributed by atoms with van der Waals surface area (Å²) in [6.07, 6.45) is 0. The van der Waals surface area contributed by atoms with Gasteiger partial charge in [0.15, 0.2) is 0 Å². The van der Waals surface area contributed by atoms with Crippen molar-refractivity contribution in [2.24, 2.45) is 5.41 Å². The number of hydrogen-bond donors (Lipinski definition) is 0. The van der Waals surface area contributed by atoms with Gasteiger partial charge >= 0.3 is 16.8 Å². The van der Waals surface area contributed by atoms with E-state index in [1.807, 2.05) is 0 Å². The first-order chi connectivity index (χ1) is 2.94. The molecule has 8 heavy (non-hydrogen) atoms. The first kappa shape index (κ1) is 10.9. The molecule has 0 atom stereocenters. The summed E-state index contributed by atoms with van der Waals surface area (Å²) in [5.41, 5.74) is -0.694. The van der Waals surface area contributed by atoms with Gasteiger partial charge in [0.1, 0.15) is 0 Å². The number of carbonyl (C=O) groups is 1. The minimum absolute atomic E-state index is 0. The third-order valence-electron chi connectivity index (χ3n) is 0.612. The Bertz CT molecular complexity index is 82.9. The summed E-state index contributed by atoms with van der Waals surface area (Å²) < 4.78 is 0. The Balaban J connectivity index is 0. The molecule has 0 aliphatic rings. The monoisotopic (exact) mass is 160 g/mol. The van der Waals surface area contributed by atoms with Gasteiger partial charge in [-0.05, 0) is 0 Å². The molecule has 2 nitrogen and oxygen atoms in total. The molecule has 0 aliphatic carbocycles. The molecule has 3 heteroatoms. The van der Waals surface area contributed by atoms with Crippen molar-refractivity contribution in [3.05, 3.63) is 0 Å². The quantitative estimate of drug-likeness (QED) is 0.491. The Morgan fingerprint density at radius 1 is 1.38 bits per heavy atom. The van der Waals surface area contributed by atoms with Crippen molar-refractivity contribution in [3.8, 4) is 0 Å². The number of carbonyl (C=O) groups excluding carboxylic acids is 1. The Morgan fingerprint density at radius 2 is 1.50 bits per heavy atom. The van der Waals surface area contributed by atoms with E-state index >= 15 is 0 Å². The Kier molecular flexibility index (Phi) is 4.20. The summed E-state index contributed by atoms with van der Waals surface area (Å²) in [5, 5.41) is 9.91. The number of carboxylic acids is 1. The van der Waals surface area contributed by atoms with Crippen molar-refractivity contribution < 1.29 is 26.7 Å². The van der Waals surface area contributed by atoms with Crippen LogP contribution in [-0.4, -0.2) is 5.97 Å². The molecule has 0 rings (SSSR count). The van der Waals surface area contributed by atoms with Crippen LogP contribution >= 0.6 is 0 Å². The molecule has 0 aliphatic heterocycles. The van der Waals surface area contributed by atoms with E-state index in [9.17, 15) is 9.90 Å². The molecule has 1 radical (unpaired) electrons. The van der Waals surface area contributed by atoms with Crippen LogP contribution in [0.2, 0.25) is 0 Å². The van der Waals surface area contributed by atoms with Crippen LogP contribution in [0.5, 0.6) is 0 Å². The fourth-order valence-electron chi connectivity index (χ4n) is 0. The Labute approximate surface area is 59.5 Å². The van der Waals surface area contributed by atoms with Crippen molar-refractivity contribution in [2.75, 3.05) is 0 Å². The second kappa shape index (κ2) is 3.09. The molecule has 0 aromatic carbocycles. The van der Waals surface area contributed by atoms with Crippen molar-refractivity contribution >= 4 is 5.97 Å². The van der Waals surface area contributed by atoms with Gasteiger partial charge in [0.05, 0.1) is 0 Å². The molecule has 0 fully saturated rings. The van der Waals surface area contributed by atoms with E-state index in [2.05, 4.69) is 0 Å². The predicted molar refractivity (Wildman–Crippen MR) is 24.5 cm³/mol. The minimum atomic E-state index is -1.01. The summed E-state index contributed by atoms with van der Waals surface area (Å²) in [5.74, 6) is -1.01. The zero-order chi connectivity index (χ0) is 6.08. The molecule has 0 saturated heterocycles. The largest absolute Gasteiger partial charge is 2.00 e. The molecule has 0 amide bonds. The van der Waals surface area contributed by atoms with Crippen LogP contribution in [0.1, 0.15) is 20.8 Å². The van der Waals surface area contributed by atoms with E-state index < -0.39 is 11.4 Å². The van der Waals surface area contributed by atoms with Crippen molar-refractivity contribution in [3.63, 3.8) is 0 Å². The van der Waals surface area contributed by atoms with E-state index in [-0.39, 0.29) is 16.8 Å². The number of carboxylic acid groups (broad SMARTS) is 1. The minimum Gasteiger partial charge on any atom is -0.550 e. The van der Waals surface area contributed by atoms with Gasteiger partial charge in [0.25, 0.3) is 0 Å². The van der Waals surface area contributed by atoms with E-state index in [4.69, 9.17) is 0 Å². The normalized spacial score (nSPS) is 9.88. The summed E-state index contributed by atoms with van der Waals surface area (Å²) in [4.78, 5) is 9.91. The average Bonchev–Trinajstić information content (AvgIpc) is 1.31. The smallest absolute Gasteiger partial charge is 0.550 e. The van der Waals surface area contributed by atoms with E-state index in [1.165, 1.54) is 0 Å². The topological polar surface area (TPSA) is 40.1 Å². The molecule has 0 aromatic rings. The second-order valence-corrected chi connectivity index (χ2v) is 2.54. The maximum Gasteiger partial charge on any atom is 2.00 e. The summed E-state index contributed by atoms with van der Waals surface area (Å²) in [6, 6.07) is 0. The molecule has 0 bridgehead atoms. The van der Waals surface area contributed by atoms with E-state index in [0.717, 1.165) is 0 Å². The van der Waals surface area contributed by atoms with Gasteiger partial charge in [-0.15, -0.1) is 0 Å². The van der Waals surface area contributed by atoms with Crippen molar-refractivity contribution in [1.82, 2.24) is 0 Å². The number of hydrogen-bond acceptors (Lipinski definition) is 2. The van der Waals surface area contributed by atoms with E-state index in [0.29, 0.717) is 0 Å². The van der Waals surface area contributed by atoms with Crippen LogP contribution in [0.15, 0.2) is 0 Å². The van der Waals surface area contributed by atoms with Crippen LogP contribution in [0.25, 0.3) is 0 Å². The molecule has 0 spiro atoms. The Hall–Kier alpha value is -0.0235. The molecule has 0 heterocycles. The molecular weight excluding hydrogens is 151 g/mol. The van der Waals surface area contributed by atoms with Crippen LogP contribution in [0, 0.1) is 5.41 Å². The maximum absolute atomic E-state index is 9.91. The van der Waals surface area contributed by atoms with Gasteiger partial charge in [-0.25, -0.2) is 0 Å². The average molecular weight is 160 g/mol. The van der Waals surface area contributed by atoms with Crippen LogP contribution < -0.4 is 5.11 Å². The zero-order valence-electron chi connectivity index (χ0n) is 5.15. The molecule has 0 saturated carbocycles. The fourth-order valence-corrected chi connectivity index (χ4v) is 0. The number of aliphatic carboxylic acids is 1. The van der Waals surface area contributed by atoms with Gasteiger partial charge in [-0.3, -0.25) is 0 Å². The van der Waals surface area contributed by atoms with E-state index in [1.54, 1.807) is 20.8 Å². The summed E-state index contributed by atoms with van der Waals surface area (Å²) in [6.45, 7) is 4.80. The van der Waals surface area contributed by atoms with Gasteiger partial charge in [0.2, 0.25) is 0 Å². The zero-order valence-corrected chi connectivity index (χ0v) is 6.19. The summed E-state index contributed by atoms with van der Waals surface area (Å²) in [7, 11) is 0. The van der Waals surface area contributed by atoms with Crippen LogP contribution in [-0.2, 0) is 21.6 Å². The fraction of sp³-hybridized carbons (Fsp3) is 0.800. The standard InChI is InChI=1S/C5H10O2.Co/c1-5(2,3)4(6)7;/h1-3H3,(H,6,7);/q;+2/p-1. The summed E-state index contributed by atoms with van der Waals surface area (Å²) >= 11 is 0. The molecule has 0 N–H and O–H groups in total. The van der Waals surface area contributed by atoms with Gasteiger partial charge in [0, 0.05) is 11.4 Å². The second-order valence-electron chi connectivity index (χ2n) is 2.54. The van der Waals surface area contributed by atoms with Gasteiger partial charge in [-0.2, -0.15) is 0 Å². The predicted octanol–water partition coefficient (Wildman–Crippen LogP) is -0.220. The SMILES string of the molecule is CC(C)(C)C(=O)[O-].[Co+2]. The molecule has 0 unspecified atom stereocenters. The van der Waals surface area contributed by atoms with Crippen molar-refractivity contribution in [2.45, 2.75) is 20.8 Å². The Morgan fingerprint density at radius 3 is 1.50 bits per heavy atom. The van der Waals surface area contributed by atoms with Gasteiger partial charge in [-0.1, -0.05) is 20.8 Å². The first-order valence-electron chi connectivity index (χ1n) is 2.16. The van der Waals surface area contributed by atoms with Gasteiger partial charge < -0.3 is 9.90 Å². The van der Waals surface area contributed by atoms with Crippen LogP contribution in [0.4, 0.5) is 0 Å². The van der Waals surface area contributed by atoms with Crippen LogP contribution in [0.3, 0.4) is 0 Å². The maximum atomic E-state index is 9.91. The third-order valence-corrected chi connectivity index (χ3v) is 0.612.